The van der Waals surface area contributed by atoms with Crippen molar-refractivity contribution in [1.29, 1.82) is 0 Å². The summed E-state index contributed by atoms with van der Waals surface area (Å²) < 4.78 is 0.448. The minimum atomic E-state index is 0.448. The molecule has 0 heterocycles. The van der Waals surface area contributed by atoms with Crippen LogP contribution in [0.4, 0.5) is 0 Å². The lowest BCUT2D eigenvalue weighted by Gasteiger charge is -2.11. The fraction of sp³-hybridized carbons (Fsp3) is 1.00. The summed E-state index contributed by atoms with van der Waals surface area (Å²) in [6, 6.07) is 0. The maximum atomic E-state index is 2.55. The molecule has 0 saturated heterocycles. The van der Waals surface area contributed by atoms with Gasteiger partial charge in [-0.25, -0.2) is 0 Å². The van der Waals surface area contributed by atoms with Crippen molar-refractivity contribution in [3.63, 3.8) is 0 Å². The average molecular weight is 646 g/mol. The average Bonchev–Trinajstić information content (AvgIpc) is 2.45. The Morgan fingerprint density at radius 3 is 1.00 bits per heavy atom. The summed E-state index contributed by atoms with van der Waals surface area (Å²) in [6.07, 6.45) is 24.7. The van der Waals surface area contributed by atoms with E-state index in [0.717, 1.165) is 0 Å². The molecule has 0 unspecified atom stereocenters. The Kier molecular flexibility index (Phi) is 19.8. The van der Waals surface area contributed by atoms with Gasteiger partial charge in [-0.05, 0) is 6.42 Å². The third kappa shape index (κ3) is 22.2. The van der Waals surface area contributed by atoms with E-state index < -0.39 is 0 Å². The highest BCUT2D eigenvalue weighted by atomic mass is 127. The van der Waals surface area contributed by atoms with Crippen LogP contribution in [0.5, 0.6) is 0 Å². The molecule has 0 aromatic rings. The van der Waals surface area contributed by atoms with Gasteiger partial charge >= 0.3 is 0 Å². The van der Waals surface area contributed by atoms with Crippen LogP contribution in [-0.4, -0.2) is -0.565 Å². The Hall–Kier alpha value is 2.19. The largest absolute Gasteiger partial charge is 0.124 e. The zero-order chi connectivity index (χ0) is 16.5. The standard InChI is InChI=1S/C19H37I3/c1-2-3-4-5-6-7-8-9-10-11-12-13-14-15-16-17-18-19(20,21)22/h2-18H2,1H3. The molecule has 0 aliphatic carbocycles. The SMILES string of the molecule is CCCCCCCCCCCCCCCCCCC(I)(I)I. The van der Waals surface area contributed by atoms with Crippen molar-refractivity contribution >= 4 is 67.8 Å². The Morgan fingerprint density at radius 1 is 0.455 bits per heavy atom. The monoisotopic (exact) mass is 646 g/mol. The van der Waals surface area contributed by atoms with Gasteiger partial charge in [0.1, 0.15) is -0.565 Å². The summed E-state index contributed by atoms with van der Waals surface area (Å²) in [6.45, 7) is 2.30. The summed E-state index contributed by atoms with van der Waals surface area (Å²) in [7, 11) is 0. The number of alkyl halides is 3. The van der Waals surface area contributed by atoms with Crippen LogP contribution in [0.15, 0.2) is 0 Å². The van der Waals surface area contributed by atoms with Crippen molar-refractivity contribution in [3.05, 3.63) is 0 Å². The zero-order valence-corrected chi connectivity index (χ0v) is 21.1. The molecule has 0 fully saturated rings. The van der Waals surface area contributed by atoms with E-state index in [4.69, 9.17) is 0 Å². The van der Waals surface area contributed by atoms with Crippen molar-refractivity contribution in [2.75, 3.05) is 0 Å². The van der Waals surface area contributed by atoms with Crippen molar-refractivity contribution < 1.29 is 0 Å². The molecule has 0 saturated carbocycles. The molecule has 0 N–H and O–H groups in total. The van der Waals surface area contributed by atoms with Crippen LogP contribution in [0, 0.1) is 0 Å². The molecular formula is C19H37I3. The van der Waals surface area contributed by atoms with E-state index in [1.807, 2.05) is 0 Å². The van der Waals surface area contributed by atoms with E-state index in [1.54, 1.807) is 0 Å². The van der Waals surface area contributed by atoms with E-state index in [1.165, 1.54) is 109 Å². The Morgan fingerprint density at radius 2 is 0.727 bits per heavy atom. The molecule has 0 radical (unpaired) electrons. The lowest BCUT2D eigenvalue weighted by atomic mass is 10.0. The van der Waals surface area contributed by atoms with Crippen LogP contribution < -0.4 is 0 Å². The van der Waals surface area contributed by atoms with Gasteiger partial charge in [-0.3, -0.25) is 0 Å². The minimum absolute atomic E-state index is 0.448. The summed E-state index contributed by atoms with van der Waals surface area (Å²) >= 11 is 7.65. The van der Waals surface area contributed by atoms with Crippen LogP contribution in [0.2, 0.25) is 0 Å². The first kappa shape index (κ1) is 24.2. The van der Waals surface area contributed by atoms with Crippen LogP contribution in [0.1, 0.15) is 116 Å². The number of unbranched alkanes of at least 4 members (excludes halogenated alkanes) is 15. The van der Waals surface area contributed by atoms with Gasteiger partial charge in [0.05, 0.1) is 0 Å². The van der Waals surface area contributed by atoms with E-state index in [-0.39, 0.29) is 0 Å². The van der Waals surface area contributed by atoms with Crippen molar-refractivity contribution in [3.8, 4) is 0 Å². The molecule has 0 spiro atoms. The van der Waals surface area contributed by atoms with Crippen LogP contribution in [0.3, 0.4) is 0 Å². The van der Waals surface area contributed by atoms with Gasteiger partial charge in [0.2, 0.25) is 0 Å². The van der Waals surface area contributed by atoms with E-state index in [9.17, 15) is 0 Å². The fourth-order valence-corrected chi connectivity index (χ4v) is 4.02. The second-order valence-electron chi connectivity index (χ2n) is 6.67. The number of rotatable bonds is 17. The molecule has 0 aliphatic heterocycles. The first-order valence-electron chi connectivity index (χ1n) is 9.63. The summed E-state index contributed by atoms with van der Waals surface area (Å²) in [4.78, 5) is 0. The summed E-state index contributed by atoms with van der Waals surface area (Å²) in [5.74, 6) is 0. The number of hydrogen-bond donors (Lipinski definition) is 0. The second-order valence-corrected chi connectivity index (χ2v) is 18.4. The van der Waals surface area contributed by atoms with Gasteiger partial charge in [0.25, 0.3) is 0 Å². The maximum absolute atomic E-state index is 2.55. The molecule has 0 rings (SSSR count). The van der Waals surface area contributed by atoms with E-state index in [0.29, 0.717) is -0.565 Å². The number of hydrogen-bond acceptors (Lipinski definition) is 0. The summed E-state index contributed by atoms with van der Waals surface area (Å²) in [5, 5.41) is 0. The Balaban J connectivity index is 3.00. The Labute approximate surface area is 181 Å². The van der Waals surface area contributed by atoms with Gasteiger partial charge in [-0.2, -0.15) is 0 Å². The normalized spacial score (nSPS) is 12.0. The first-order valence-corrected chi connectivity index (χ1v) is 12.9. The highest BCUT2D eigenvalue weighted by molar-refractivity contribution is 14.3. The first-order chi connectivity index (χ1) is 10.6. The van der Waals surface area contributed by atoms with Gasteiger partial charge in [0, 0.05) is 0 Å². The molecule has 22 heavy (non-hydrogen) atoms. The minimum Gasteiger partial charge on any atom is -0.0654 e. The quantitative estimate of drug-likeness (QED) is 0.0840. The molecule has 0 nitrogen and oxygen atoms in total. The lowest BCUT2D eigenvalue weighted by Crippen LogP contribution is -1.97. The Bertz CT molecular complexity index is 211. The molecule has 3 heteroatoms. The van der Waals surface area contributed by atoms with Gasteiger partial charge in [0.15, 0.2) is 0 Å². The predicted molar refractivity (Wildman–Crippen MR) is 129 cm³/mol. The molecule has 0 aromatic heterocycles. The second kappa shape index (κ2) is 18.0. The lowest BCUT2D eigenvalue weighted by molar-refractivity contribution is 0.529. The third-order valence-corrected chi connectivity index (χ3v) is 5.93. The maximum Gasteiger partial charge on any atom is 0.124 e. The zero-order valence-electron chi connectivity index (χ0n) is 14.7. The van der Waals surface area contributed by atoms with Crippen molar-refractivity contribution in [1.82, 2.24) is 0 Å². The molecule has 0 bridgehead atoms. The van der Waals surface area contributed by atoms with Crippen LogP contribution in [-0.2, 0) is 0 Å². The van der Waals surface area contributed by atoms with Crippen LogP contribution >= 0.6 is 67.8 Å². The molecule has 0 aromatic carbocycles. The molecule has 0 atom stereocenters. The van der Waals surface area contributed by atoms with Crippen LogP contribution in [0.25, 0.3) is 0 Å². The smallest absolute Gasteiger partial charge is 0.0654 e. The van der Waals surface area contributed by atoms with Crippen molar-refractivity contribution in [2.45, 2.75) is 116 Å². The topological polar surface area (TPSA) is 0 Å². The van der Waals surface area contributed by atoms with Crippen molar-refractivity contribution in [2.24, 2.45) is 0 Å². The third-order valence-electron chi connectivity index (χ3n) is 4.31. The van der Waals surface area contributed by atoms with Gasteiger partial charge in [-0.1, -0.05) is 177 Å². The van der Waals surface area contributed by atoms with E-state index >= 15 is 0 Å². The summed E-state index contributed by atoms with van der Waals surface area (Å²) in [5.41, 5.74) is 0. The fourth-order valence-electron chi connectivity index (χ4n) is 2.87. The molecule has 0 aliphatic rings. The highest BCUT2D eigenvalue weighted by Gasteiger charge is 2.15. The molecule has 0 amide bonds. The highest BCUT2D eigenvalue weighted by Crippen LogP contribution is 2.40. The molecular weight excluding hydrogens is 609 g/mol. The van der Waals surface area contributed by atoms with Gasteiger partial charge in [-0.15, -0.1) is 0 Å². The predicted octanol–water partition coefficient (Wildman–Crippen LogP) is 9.60. The molecule has 134 valence electrons. The van der Waals surface area contributed by atoms with E-state index in [2.05, 4.69) is 74.7 Å². The number of halogens is 3. The van der Waals surface area contributed by atoms with Gasteiger partial charge < -0.3 is 0 Å².